The summed E-state index contributed by atoms with van der Waals surface area (Å²) >= 11 is 0. The second-order valence-corrected chi connectivity index (χ2v) is 7.63. The Balaban J connectivity index is 1.28. The second kappa shape index (κ2) is 9.44. The van der Waals surface area contributed by atoms with E-state index >= 15 is 0 Å². The first kappa shape index (κ1) is 21.3. The van der Waals surface area contributed by atoms with Gasteiger partial charge >= 0.3 is 6.16 Å². The van der Waals surface area contributed by atoms with Gasteiger partial charge in [-0.05, 0) is 18.1 Å². The first-order valence-corrected chi connectivity index (χ1v) is 10.4. The molecule has 166 valence electrons. The van der Waals surface area contributed by atoms with E-state index in [1.54, 1.807) is 12.1 Å². The molecule has 1 aromatic carbocycles. The van der Waals surface area contributed by atoms with Gasteiger partial charge in [0.25, 0.3) is 11.8 Å². The van der Waals surface area contributed by atoms with Crippen molar-refractivity contribution in [3.63, 3.8) is 0 Å². The predicted octanol–water partition coefficient (Wildman–Crippen LogP) is 0.603. The molecule has 10 heteroatoms. The Morgan fingerprint density at radius 2 is 1.87 bits per heavy atom. The Morgan fingerprint density at radius 3 is 2.65 bits per heavy atom. The summed E-state index contributed by atoms with van der Waals surface area (Å²) in [6.07, 6.45) is -0.607. The van der Waals surface area contributed by atoms with Gasteiger partial charge in [-0.3, -0.25) is 19.3 Å². The van der Waals surface area contributed by atoms with Gasteiger partial charge in [0.1, 0.15) is 12.6 Å². The summed E-state index contributed by atoms with van der Waals surface area (Å²) in [5, 5.41) is 0. The zero-order valence-electron chi connectivity index (χ0n) is 17.2. The highest BCUT2D eigenvalue weighted by Gasteiger charge is 2.42. The molecular weight excluding hydrogens is 406 g/mol. The third-order valence-corrected chi connectivity index (χ3v) is 5.75. The van der Waals surface area contributed by atoms with Crippen LogP contribution in [0.3, 0.4) is 0 Å². The lowest BCUT2D eigenvalue weighted by molar-refractivity contribution is -0.157. The molecule has 2 saturated heterocycles. The van der Waals surface area contributed by atoms with Crippen LogP contribution in [0.15, 0.2) is 24.3 Å². The van der Waals surface area contributed by atoms with Crippen LogP contribution < -0.4 is 0 Å². The molecule has 3 amide bonds. The van der Waals surface area contributed by atoms with E-state index in [0.717, 1.165) is 23.6 Å². The lowest BCUT2D eigenvalue weighted by Crippen LogP contribution is -2.55. The molecule has 10 nitrogen and oxygen atoms in total. The maximum Gasteiger partial charge on any atom is 0.510 e. The van der Waals surface area contributed by atoms with Crippen molar-refractivity contribution in [3.05, 3.63) is 35.4 Å². The minimum Gasteiger partial charge on any atom is -0.433 e. The monoisotopic (exact) mass is 431 g/mol. The fraction of sp³-hybridized carbons (Fsp3) is 0.524. The Bertz CT molecular complexity index is 868. The molecule has 1 aromatic rings. The van der Waals surface area contributed by atoms with Gasteiger partial charge in [0, 0.05) is 38.2 Å². The van der Waals surface area contributed by atoms with Crippen molar-refractivity contribution >= 4 is 23.9 Å². The Morgan fingerprint density at radius 1 is 1.10 bits per heavy atom. The smallest absolute Gasteiger partial charge is 0.433 e. The number of carbonyl (C=O) groups is 4. The van der Waals surface area contributed by atoms with E-state index in [9.17, 15) is 19.2 Å². The number of nitrogens with zero attached hydrogens (tertiary/aromatic N) is 3. The van der Waals surface area contributed by atoms with Crippen LogP contribution in [-0.2, 0) is 30.3 Å². The van der Waals surface area contributed by atoms with Crippen molar-refractivity contribution in [1.82, 2.24) is 14.7 Å². The number of ether oxygens (including phenoxy) is 3. The molecule has 0 N–H and O–H groups in total. The minimum absolute atomic E-state index is 0.0893. The third kappa shape index (κ3) is 4.70. The van der Waals surface area contributed by atoms with Gasteiger partial charge in [-0.2, -0.15) is 0 Å². The lowest BCUT2D eigenvalue weighted by Gasteiger charge is -2.34. The number of benzene rings is 1. The fourth-order valence-electron chi connectivity index (χ4n) is 4.02. The molecule has 1 unspecified atom stereocenters. The molecular formula is C21H25N3O7. The maximum absolute atomic E-state index is 12.9. The fourth-order valence-corrected chi connectivity index (χ4v) is 4.02. The molecule has 3 heterocycles. The maximum atomic E-state index is 12.9. The standard InChI is InChI=1S/C21H25N3O7/c25-18-6-5-17(23-13-15-3-1-2-4-16(15)19(23)26)20(27)24(18)14-31-21(28)30-12-9-22-7-10-29-11-8-22/h1-4,17H,5-14H2. The molecule has 4 rings (SSSR count). The normalized spacial score (nSPS) is 21.9. The largest absolute Gasteiger partial charge is 0.510 e. The number of hydrogen-bond donors (Lipinski definition) is 0. The number of piperidine rings is 1. The highest BCUT2D eigenvalue weighted by molar-refractivity contribution is 6.05. The quantitative estimate of drug-likeness (QED) is 0.476. The number of imide groups is 1. The first-order valence-electron chi connectivity index (χ1n) is 10.4. The molecule has 0 spiro atoms. The number of morpholine rings is 1. The van der Waals surface area contributed by atoms with Crippen molar-refractivity contribution in [2.24, 2.45) is 0 Å². The van der Waals surface area contributed by atoms with Gasteiger partial charge in [0.15, 0.2) is 6.73 Å². The molecule has 1 atom stereocenters. The van der Waals surface area contributed by atoms with Crippen molar-refractivity contribution in [3.8, 4) is 0 Å². The van der Waals surface area contributed by atoms with E-state index in [-0.39, 0.29) is 25.4 Å². The number of hydrogen-bond acceptors (Lipinski definition) is 8. The number of fused-ring (bicyclic) bond motifs is 1. The van der Waals surface area contributed by atoms with Crippen molar-refractivity contribution in [2.75, 3.05) is 46.2 Å². The van der Waals surface area contributed by atoms with Crippen LogP contribution in [-0.4, -0.2) is 90.8 Å². The molecule has 0 radical (unpaired) electrons. The van der Waals surface area contributed by atoms with E-state index in [0.29, 0.717) is 31.9 Å². The van der Waals surface area contributed by atoms with Crippen LogP contribution >= 0.6 is 0 Å². The van der Waals surface area contributed by atoms with Crippen LogP contribution in [0.4, 0.5) is 4.79 Å². The summed E-state index contributed by atoms with van der Waals surface area (Å²) in [7, 11) is 0. The molecule has 0 aliphatic carbocycles. The van der Waals surface area contributed by atoms with E-state index in [1.807, 2.05) is 12.1 Å². The van der Waals surface area contributed by atoms with Gasteiger partial charge in [-0.15, -0.1) is 0 Å². The molecule has 31 heavy (non-hydrogen) atoms. The summed E-state index contributed by atoms with van der Waals surface area (Å²) in [6.45, 7) is 3.33. The van der Waals surface area contributed by atoms with Crippen LogP contribution in [0.1, 0.15) is 28.8 Å². The molecule has 3 aliphatic rings. The molecule has 3 aliphatic heterocycles. The summed E-state index contributed by atoms with van der Waals surface area (Å²) in [4.78, 5) is 54.2. The summed E-state index contributed by atoms with van der Waals surface area (Å²) in [5.74, 6) is -1.21. The number of rotatable bonds is 6. The molecule has 0 aromatic heterocycles. The third-order valence-electron chi connectivity index (χ3n) is 5.75. The summed E-state index contributed by atoms with van der Waals surface area (Å²) < 4.78 is 15.3. The predicted molar refractivity (Wildman–Crippen MR) is 106 cm³/mol. The molecule has 0 saturated carbocycles. The average Bonchev–Trinajstić information content (AvgIpc) is 3.11. The van der Waals surface area contributed by atoms with Gasteiger partial charge in [0.05, 0.1) is 13.2 Å². The summed E-state index contributed by atoms with van der Waals surface area (Å²) in [6, 6.07) is 6.42. The van der Waals surface area contributed by atoms with Crippen LogP contribution in [0.2, 0.25) is 0 Å². The van der Waals surface area contributed by atoms with Crippen LogP contribution in [0.25, 0.3) is 0 Å². The highest BCUT2D eigenvalue weighted by Crippen LogP contribution is 2.28. The van der Waals surface area contributed by atoms with Crippen LogP contribution in [0.5, 0.6) is 0 Å². The first-order chi connectivity index (χ1) is 15.0. The Kier molecular flexibility index (Phi) is 6.47. The minimum atomic E-state index is -0.944. The topological polar surface area (TPSA) is 106 Å². The van der Waals surface area contributed by atoms with Crippen molar-refractivity contribution in [1.29, 1.82) is 0 Å². The zero-order valence-corrected chi connectivity index (χ0v) is 17.2. The van der Waals surface area contributed by atoms with E-state index in [1.165, 1.54) is 4.90 Å². The van der Waals surface area contributed by atoms with Gasteiger partial charge < -0.3 is 19.1 Å². The van der Waals surface area contributed by atoms with Gasteiger partial charge in [0.2, 0.25) is 5.91 Å². The van der Waals surface area contributed by atoms with E-state index in [4.69, 9.17) is 14.2 Å². The number of amides is 3. The van der Waals surface area contributed by atoms with Crippen molar-refractivity contribution < 1.29 is 33.4 Å². The highest BCUT2D eigenvalue weighted by atomic mass is 16.7. The number of carbonyl (C=O) groups excluding carboxylic acids is 4. The molecule has 0 bridgehead atoms. The van der Waals surface area contributed by atoms with Crippen molar-refractivity contribution in [2.45, 2.75) is 25.4 Å². The Hall–Kier alpha value is -2.98. The SMILES string of the molecule is O=C(OCCN1CCOCC1)OCN1C(=O)CCC(N2Cc3ccccc3C2=O)C1=O. The van der Waals surface area contributed by atoms with Gasteiger partial charge in [-0.25, -0.2) is 9.69 Å². The zero-order chi connectivity index (χ0) is 21.8. The molecule has 2 fully saturated rings. The van der Waals surface area contributed by atoms with Gasteiger partial charge in [-0.1, -0.05) is 18.2 Å². The summed E-state index contributed by atoms with van der Waals surface area (Å²) in [5.41, 5.74) is 1.42. The number of likely N-dealkylation sites (tertiary alicyclic amines) is 1. The van der Waals surface area contributed by atoms with E-state index in [2.05, 4.69) is 4.90 Å². The average molecular weight is 431 g/mol. The second-order valence-electron chi connectivity index (χ2n) is 7.63. The van der Waals surface area contributed by atoms with Crippen LogP contribution in [0, 0.1) is 0 Å². The Labute approximate surface area is 179 Å². The lowest BCUT2D eigenvalue weighted by atomic mass is 10.0. The van der Waals surface area contributed by atoms with E-state index < -0.39 is 30.7 Å².